The summed E-state index contributed by atoms with van der Waals surface area (Å²) in [5.74, 6) is -4.57. The average molecular weight is 534 g/mol. The number of hydrogen-bond donors (Lipinski definition) is 3. The number of primary amides is 1. The number of pyridine rings is 1. The molecule has 12 heteroatoms. The van der Waals surface area contributed by atoms with E-state index in [0.717, 1.165) is 24.3 Å². The van der Waals surface area contributed by atoms with Crippen LogP contribution in [0.15, 0.2) is 54.9 Å². The number of carbonyl (C=O) groups excluding carboxylic acids is 2. The van der Waals surface area contributed by atoms with Gasteiger partial charge >= 0.3 is 6.18 Å². The zero-order chi connectivity index (χ0) is 26.9. The summed E-state index contributed by atoms with van der Waals surface area (Å²) < 4.78 is 71.0. The monoisotopic (exact) mass is 533 g/mol. The van der Waals surface area contributed by atoms with Gasteiger partial charge in [0.2, 0.25) is 5.91 Å². The Hall–Kier alpha value is -4.09. The van der Waals surface area contributed by atoms with E-state index in [1.165, 1.54) is 18.5 Å². The normalized spacial score (nSPS) is 17.1. The number of aliphatic hydroxyl groups is 1. The fourth-order valence-electron chi connectivity index (χ4n) is 4.64. The molecule has 0 saturated carbocycles. The van der Waals surface area contributed by atoms with Gasteiger partial charge in [0.15, 0.2) is 5.72 Å². The first-order chi connectivity index (χ1) is 17.3. The highest BCUT2D eigenvalue weighted by Gasteiger charge is 2.49. The number of nitrogens with one attached hydrogen (secondary N) is 1. The lowest BCUT2D eigenvalue weighted by Crippen LogP contribution is -2.41. The van der Waals surface area contributed by atoms with E-state index < -0.39 is 63.2 Å². The molecule has 0 bridgehead atoms. The lowest BCUT2D eigenvalue weighted by Gasteiger charge is -2.29. The van der Waals surface area contributed by atoms with Crippen molar-refractivity contribution < 1.29 is 36.6 Å². The van der Waals surface area contributed by atoms with Gasteiger partial charge in [-0.1, -0.05) is 11.6 Å². The summed E-state index contributed by atoms with van der Waals surface area (Å²) in [4.78, 5) is 29.4. The Morgan fingerprint density at radius 1 is 1.05 bits per heavy atom. The number of hydrogen-bond acceptors (Lipinski definition) is 4. The van der Waals surface area contributed by atoms with Crippen LogP contribution in [0.3, 0.4) is 0 Å². The third-order valence-electron chi connectivity index (χ3n) is 6.09. The van der Waals surface area contributed by atoms with Crippen LogP contribution in [-0.2, 0) is 11.9 Å². The van der Waals surface area contributed by atoms with Gasteiger partial charge in [-0.25, -0.2) is 8.78 Å². The van der Waals surface area contributed by atoms with E-state index in [9.17, 15) is 36.6 Å². The second-order valence-corrected chi connectivity index (χ2v) is 8.70. The molecule has 1 aliphatic heterocycles. The van der Waals surface area contributed by atoms with Crippen molar-refractivity contribution in [1.82, 2.24) is 10.3 Å². The summed E-state index contributed by atoms with van der Waals surface area (Å²) in [6, 6.07) is 6.10. The fraction of sp³-hybridized carbons (Fsp3) is 0.0800. The number of aromatic nitrogens is 1. The second-order valence-electron chi connectivity index (χ2n) is 8.30. The number of carbonyl (C=O) groups is 2. The molecule has 188 valence electrons. The number of benzene rings is 3. The molecule has 4 N–H and O–H groups in total. The van der Waals surface area contributed by atoms with Gasteiger partial charge in [0.1, 0.15) is 11.6 Å². The van der Waals surface area contributed by atoms with E-state index >= 15 is 0 Å². The topological polar surface area (TPSA) is 105 Å². The van der Waals surface area contributed by atoms with Crippen molar-refractivity contribution in [2.24, 2.45) is 5.73 Å². The molecule has 1 atom stereocenters. The van der Waals surface area contributed by atoms with Crippen LogP contribution in [0.4, 0.5) is 22.0 Å². The number of rotatable bonds is 3. The molecule has 0 fully saturated rings. The average Bonchev–Trinajstić information content (AvgIpc) is 3.10. The van der Waals surface area contributed by atoms with Crippen molar-refractivity contribution in [3.63, 3.8) is 0 Å². The maximum atomic E-state index is 14.2. The summed E-state index contributed by atoms with van der Waals surface area (Å²) in [5.41, 5.74) is -2.23. The van der Waals surface area contributed by atoms with E-state index in [0.29, 0.717) is 6.07 Å². The Balaban J connectivity index is 2.02. The van der Waals surface area contributed by atoms with Gasteiger partial charge < -0.3 is 16.2 Å². The SMILES string of the molecule is NC(=O)c1cc(F)cc(C(F)(F)F)c1-c1cc2cnccc2c2c1C(O)(c1cc(F)ccc1Cl)NC2=O. The summed E-state index contributed by atoms with van der Waals surface area (Å²) >= 11 is 6.21. The Kier molecular flexibility index (Phi) is 5.46. The zero-order valence-corrected chi connectivity index (χ0v) is 19.0. The lowest BCUT2D eigenvalue weighted by atomic mass is 9.82. The molecular formula is C25H13ClF5N3O3. The number of nitrogens with zero attached hydrogens (tertiary/aromatic N) is 1. The number of fused-ring (bicyclic) bond motifs is 3. The first-order valence-corrected chi connectivity index (χ1v) is 10.8. The van der Waals surface area contributed by atoms with Gasteiger partial charge in [0.25, 0.3) is 5.91 Å². The van der Waals surface area contributed by atoms with E-state index in [-0.39, 0.29) is 33.0 Å². The predicted octanol–water partition coefficient (Wildman–Crippen LogP) is 4.89. The summed E-state index contributed by atoms with van der Waals surface area (Å²) in [6.45, 7) is 0. The first kappa shape index (κ1) is 24.6. The third kappa shape index (κ3) is 3.78. The molecule has 1 aliphatic rings. The van der Waals surface area contributed by atoms with Crippen LogP contribution in [0.1, 0.15) is 37.4 Å². The fourth-order valence-corrected chi connectivity index (χ4v) is 4.89. The lowest BCUT2D eigenvalue weighted by molar-refractivity contribution is -0.137. The van der Waals surface area contributed by atoms with E-state index in [2.05, 4.69) is 10.3 Å². The van der Waals surface area contributed by atoms with Gasteiger partial charge in [-0.2, -0.15) is 13.2 Å². The Morgan fingerprint density at radius 3 is 2.46 bits per heavy atom. The van der Waals surface area contributed by atoms with Crippen LogP contribution in [0.25, 0.3) is 21.9 Å². The Labute approximate surface area is 209 Å². The van der Waals surface area contributed by atoms with E-state index in [4.69, 9.17) is 17.3 Å². The molecule has 5 rings (SSSR count). The Bertz CT molecular complexity index is 1660. The number of nitrogens with two attached hydrogens (primary N) is 1. The molecule has 1 unspecified atom stereocenters. The van der Waals surface area contributed by atoms with Gasteiger partial charge in [-0.15, -0.1) is 0 Å². The molecule has 2 heterocycles. The summed E-state index contributed by atoms with van der Waals surface area (Å²) in [5, 5.41) is 14.2. The van der Waals surface area contributed by atoms with Crippen LogP contribution in [0.2, 0.25) is 5.02 Å². The highest BCUT2D eigenvalue weighted by Crippen LogP contribution is 2.49. The Morgan fingerprint density at radius 2 is 1.78 bits per heavy atom. The number of alkyl halides is 3. The minimum atomic E-state index is -5.19. The van der Waals surface area contributed by atoms with E-state index in [1.807, 2.05) is 0 Å². The molecular weight excluding hydrogens is 521 g/mol. The standard InChI is InChI=1S/C25H13ClF5N3O3/c26-18-2-1-11(27)7-16(18)24(37)21-14(5-10-9-33-4-3-13(10)20(21)23(36)34-24)19-15(22(32)35)6-12(28)8-17(19)25(29,30)31/h1-9,37H,(H2,32,35)(H,34,36). The maximum Gasteiger partial charge on any atom is 0.417 e. The maximum absolute atomic E-state index is 14.2. The third-order valence-corrected chi connectivity index (χ3v) is 6.41. The van der Waals surface area contributed by atoms with Crippen LogP contribution in [0.5, 0.6) is 0 Å². The van der Waals surface area contributed by atoms with Gasteiger partial charge in [-0.3, -0.25) is 14.6 Å². The summed E-state index contributed by atoms with van der Waals surface area (Å²) in [6.07, 6.45) is -2.63. The van der Waals surface area contributed by atoms with E-state index in [1.54, 1.807) is 0 Å². The van der Waals surface area contributed by atoms with Crippen molar-refractivity contribution in [2.45, 2.75) is 11.9 Å². The predicted molar refractivity (Wildman–Crippen MR) is 123 cm³/mol. The van der Waals surface area contributed by atoms with Crippen molar-refractivity contribution in [3.8, 4) is 11.1 Å². The summed E-state index contributed by atoms with van der Waals surface area (Å²) in [7, 11) is 0. The molecule has 4 aromatic rings. The van der Waals surface area contributed by atoms with Gasteiger partial charge in [0, 0.05) is 39.5 Å². The highest BCUT2D eigenvalue weighted by molar-refractivity contribution is 6.31. The van der Waals surface area contributed by atoms with Crippen molar-refractivity contribution in [2.75, 3.05) is 0 Å². The van der Waals surface area contributed by atoms with Crippen LogP contribution < -0.4 is 11.1 Å². The molecule has 0 spiro atoms. The molecule has 0 saturated heterocycles. The van der Waals surface area contributed by atoms with Crippen molar-refractivity contribution in [1.29, 1.82) is 0 Å². The quantitative estimate of drug-likeness (QED) is 0.326. The second kappa shape index (κ2) is 8.22. The van der Waals surface area contributed by atoms with Crippen molar-refractivity contribution >= 4 is 34.2 Å². The van der Waals surface area contributed by atoms with Crippen LogP contribution in [-0.4, -0.2) is 21.9 Å². The molecule has 1 aromatic heterocycles. The highest BCUT2D eigenvalue weighted by atomic mass is 35.5. The van der Waals surface area contributed by atoms with Gasteiger partial charge in [-0.05, 0) is 53.4 Å². The molecule has 0 radical (unpaired) electrons. The van der Waals surface area contributed by atoms with Crippen molar-refractivity contribution in [3.05, 3.63) is 99.3 Å². The zero-order valence-electron chi connectivity index (χ0n) is 18.3. The molecule has 3 aromatic carbocycles. The smallest absolute Gasteiger partial charge is 0.366 e. The minimum Gasteiger partial charge on any atom is -0.366 e. The minimum absolute atomic E-state index is 0.161. The van der Waals surface area contributed by atoms with Crippen LogP contribution >= 0.6 is 11.6 Å². The molecule has 6 nitrogen and oxygen atoms in total. The number of halogens is 6. The number of amides is 2. The largest absolute Gasteiger partial charge is 0.417 e. The van der Waals surface area contributed by atoms with Crippen LogP contribution in [0, 0.1) is 11.6 Å². The molecule has 2 amide bonds. The van der Waals surface area contributed by atoms with Gasteiger partial charge in [0.05, 0.1) is 16.7 Å². The molecule has 0 aliphatic carbocycles. The molecule has 37 heavy (non-hydrogen) atoms. The first-order valence-electron chi connectivity index (χ1n) is 10.5.